The number of nitrogens with zero attached hydrogens (tertiary/aromatic N) is 1. The third-order valence-electron chi connectivity index (χ3n) is 4.70. The molecular formula is C22H19FN2OS. The van der Waals surface area contributed by atoms with Gasteiger partial charge in [0, 0.05) is 17.4 Å². The molecule has 0 unspecified atom stereocenters. The predicted molar refractivity (Wildman–Crippen MR) is 109 cm³/mol. The monoisotopic (exact) mass is 378 g/mol. The van der Waals surface area contributed by atoms with Crippen molar-refractivity contribution >= 4 is 21.6 Å². The molecule has 136 valence electrons. The van der Waals surface area contributed by atoms with Crippen molar-refractivity contribution in [3.63, 3.8) is 0 Å². The minimum Gasteiger partial charge on any atom is -0.310 e. The van der Waals surface area contributed by atoms with Crippen LogP contribution < -0.4 is 5.56 Å². The van der Waals surface area contributed by atoms with E-state index in [2.05, 4.69) is 35.9 Å². The van der Waals surface area contributed by atoms with Gasteiger partial charge >= 0.3 is 0 Å². The number of thiophene rings is 1. The summed E-state index contributed by atoms with van der Waals surface area (Å²) < 4.78 is 13.9. The van der Waals surface area contributed by atoms with Gasteiger partial charge in [0.1, 0.15) is 16.5 Å². The van der Waals surface area contributed by atoms with Gasteiger partial charge in [0.05, 0.1) is 5.39 Å². The number of rotatable bonds is 4. The lowest BCUT2D eigenvalue weighted by molar-refractivity contribution is 0.612. The molecule has 5 heteroatoms. The summed E-state index contributed by atoms with van der Waals surface area (Å²) in [6, 6.07) is 14.8. The van der Waals surface area contributed by atoms with Gasteiger partial charge in [-0.2, -0.15) is 0 Å². The van der Waals surface area contributed by atoms with Crippen molar-refractivity contribution in [1.29, 1.82) is 0 Å². The van der Waals surface area contributed by atoms with Crippen LogP contribution in [0.15, 0.2) is 58.7 Å². The number of benzene rings is 2. The molecule has 1 N–H and O–H groups in total. The van der Waals surface area contributed by atoms with E-state index in [1.165, 1.54) is 23.0 Å². The molecule has 2 heterocycles. The summed E-state index contributed by atoms with van der Waals surface area (Å²) in [5, 5.41) is 2.55. The molecule has 0 bridgehead atoms. The highest BCUT2D eigenvalue weighted by atomic mass is 32.1. The van der Waals surface area contributed by atoms with Gasteiger partial charge in [0.2, 0.25) is 0 Å². The van der Waals surface area contributed by atoms with Gasteiger partial charge < -0.3 is 4.98 Å². The topological polar surface area (TPSA) is 45.8 Å². The Balaban J connectivity index is 1.74. The first-order chi connectivity index (χ1) is 13.0. The average Bonchev–Trinajstić information content (AvgIpc) is 3.08. The molecule has 0 aliphatic carbocycles. The molecule has 0 atom stereocenters. The zero-order valence-electron chi connectivity index (χ0n) is 15.1. The van der Waals surface area contributed by atoms with Gasteiger partial charge in [-0.3, -0.25) is 4.79 Å². The van der Waals surface area contributed by atoms with Crippen LogP contribution in [0.1, 0.15) is 36.7 Å². The Morgan fingerprint density at radius 2 is 1.85 bits per heavy atom. The van der Waals surface area contributed by atoms with Crippen LogP contribution in [0.5, 0.6) is 0 Å². The van der Waals surface area contributed by atoms with Crippen LogP contribution in [-0.2, 0) is 6.42 Å². The second-order valence-corrected chi connectivity index (χ2v) is 7.75. The molecule has 3 nitrogen and oxygen atoms in total. The molecule has 2 aromatic heterocycles. The van der Waals surface area contributed by atoms with Crippen LogP contribution in [0, 0.1) is 5.82 Å². The fourth-order valence-electron chi connectivity index (χ4n) is 3.16. The van der Waals surface area contributed by atoms with E-state index in [4.69, 9.17) is 0 Å². The fraction of sp³-hybridized carbons (Fsp3) is 0.182. The van der Waals surface area contributed by atoms with Crippen molar-refractivity contribution in [3.05, 3.63) is 87.0 Å². The summed E-state index contributed by atoms with van der Waals surface area (Å²) >= 11 is 1.44. The molecule has 0 saturated heterocycles. The van der Waals surface area contributed by atoms with E-state index in [9.17, 15) is 9.18 Å². The molecule has 0 fully saturated rings. The van der Waals surface area contributed by atoms with Gasteiger partial charge in [0.15, 0.2) is 0 Å². The first-order valence-corrected chi connectivity index (χ1v) is 9.75. The van der Waals surface area contributed by atoms with E-state index in [-0.39, 0.29) is 17.8 Å². The molecule has 0 aliphatic heterocycles. The Hall–Kier alpha value is -2.79. The number of fused-ring (bicyclic) bond motifs is 1. The highest BCUT2D eigenvalue weighted by molar-refractivity contribution is 7.17. The summed E-state index contributed by atoms with van der Waals surface area (Å²) in [5.74, 6) is 0.641. The largest absolute Gasteiger partial charge is 0.310 e. The van der Waals surface area contributed by atoms with Crippen LogP contribution >= 0.6 is 11.3 Å². The standard InChI is InChI=1S/C22H19FN2OS/c1-13(2)14-7-9-15(10-8-14)17-12-27-22-20(17)21(26)24-19(25-22)11-16-5-3-4-6-18(16)23/h3-10,12-13H,11H2,1-2H3,(H,24,25,26). The first-order valence-electron chi connectivity index (χ1n) is 8.87. The lowest BCUT2D eigenvalue weighted by atomic mass is 9.99. The molecule has 2 aromatic carbocycles. The Morgan fingerprint density at radius 1 is 1.11 bits per heavy atom. The number of hydrogen-bond acceptors (Lipinski definition) is 3. The van der Waals surface area contributed by atoms with Crippen molar-refractivity contribution in [2.24, 2.45) is 0 Å². The van der Waals surface area contributed by atoms with Crippen LogP contribution in [0.25, 0.3) is 21.3 Å². The second kappa shape index (κ2) is 7.08. The molecule has 27 heavy (non-hydrogen) atoms. The molecule has 4 aromatic rings. The Kier molecular flexibility index (Phi) is 4.62. The summed E-state index contributed by atoms with van der Waals surface area (Å²) in [4.78, 5) is 20.8. The Morgan fingerprint density at radius 3 is 2.56 bits per heavy atom. The van der Waals surface area contributed by atoms with E-state index in [1.54, 1.807) is 18.2 Å². The lowest BCUT2D eigenvalue weighted by Crippen LogP contribution is -2.12. The van der Waals surface area contributed by atoms with Gasteiger partial charge in [-0.1, -0.05) is 56.3 Å². The summed E-state index contributed by atoms with van der Waals surface area (Å²) in [6.07, 6.45) is 0.258. The molecule has 0 aliphatic rings. The van der Waals surface area contributed by atoms with Crippen molar-refractivity contribution in [3.8, 4) is 11.1 Å². The zero-order chi connectivity index (χ0) is 19.0. The van der Waals surface area contributed by atoms with Gasteiger partial charge in [-0.25, -0.2) is 9.37 Å². The van der Waals surface area contributed by atoms with E-state index in [0.29, 0.717) is 27.5 Å². The van der Waals surface area contributed by atoms with E-state index in [0.717, 1.165) is 11.1 Å². The fourth-order valence-corrected chi connectivity index (χ4v) is 4.13. The third kappa shape index (κ3) is 3.43. The number of halogens is 1. The van der Waals surface area contributed by atoms with Crippen LogP contribution in [0.2, 0.25) is 0 Å². The highest BCUT2D eigenvalue weighted by Gasteiger charge is 2.14. The second-order valence-electron chi connectivity index (χ2n) is 6.89. The molecule has 0 amide bonds. The van der Waals surface area contributed by atoms with Crippen LogP contribution in [-0.4, -0.2) is 9.97 Å². The van der Waals surface area contributed by atoms with Crippen molar-refractivity contribution in [2.45, 2.75) is 26.2 Å². The van der Waals surface area contributed by atoms with Crippen molar-refractivity contribution in [1.82, 2.24) is 9.97 Å². The number of nitrogens with one attached hydrogen (secondary N) is 1. The third-order valence-corrected chi connectivity index (χ3v) is 5.57. The normalized spacial score (nSPS) is 11.4. The first kappa shape index (κ1) is 17.6. The molecule has 0 radical (unpaired) electrons. The minimum atomic E-state index is -0.294. The Labute approximate surface area is 160 Å². The van der Waals surface area contributed by atoms with E-state index in [1.807, 2.05) is 17.5 Å². The van der Waals surface area contributed by atoms with Gasteiger partial charge in [-0.05, 0) is 28.7 Å². The summed E-state index contributed by atoms with van der Waals surface area (Å²) in [7, 11) is 0. The maximum atomic E-state index is 13.9. The smallest absolute Gasteiger partial charge is 0.260 e. The quantitative estimate of drug-likeness (QED) is 0.509. The van der Waals surface area contributed by atoms with Gasteiger partial charge in [0.25, 0.3) is 5.56 Å². The van der Waals surface area contributed by atoms with E-state index < -0.39 is 0 Å². The van der Waals surface area contributed by atoms with Crippen LogP contribution in [0.3, 0.4) is 0 Å². The molecular weight excluding hydrogens is 359 g/mol. The molecule has 0 spiro atoms. The number of hydrogen-bond donors (Lipinski definition) is 1. The van der Waals surface area contributed by atoms with Crippen molar-refractivity contribution < 1.29 is 4.39 Å². The molecule has 0 saturated carbocycles. The Bertz CT molecular complexity index is 1160. The SMILES string of the molecule is CC(C)c1ccc(-c2csc3nc(Cc4ccccc4F)[nH]c(=O)c23)cc1. The lowest BCUT2D eigenvalue weighted by Gasteiger charge is -2.07. The minimum absolute atomic E-state index is 0.185. The summed E-state index contributed by atoms with van der Waals surface area (Å²) in [5.41, 5.74) is 3.48. The number of aromatic amines is 1. The number of aromatic nitrogens is 2. The predicted octanol–water partition coefficient (Wildman–Crippen LogP) is 5.50. The maximum Gasteiger partial charge on any atom is 0.260 e. The average molecular weight is 378 g/mol. The highest BCUT2D eigenvalue weighted by Crippen LogP contribution is 2.31. The molecule has 4 rings (SSSR count). The number of H-pyrrole nitrogens is 1. The van der Waals surface area contributed by atoms with Gasteiger partial charge in [-0.15, -0.1) is 11.3 Å². The maximum absolute atomic E-state index is 13.9. The summed E-state index contributed by atoms with van der Waals surface area (Å²) in [6.45, 7) is 4.31. The zero-order valence-corrected chi connectivity index (χ0v) is 15.9. The van der Waals surface area contributed by atoms with Crippen LogP contribution in [0.4, 0.5) is 4.39 Å². The van der Waals surface area contributed by atoms with E-state index >= 15 is 0 Å². The van der Waals surface area contributed by atoms with Crippen molar-refractivity contribution in [2.75, 3.05) is 0 Å².